The summed E-state index contributed by atoms with van der Waals surface area (Å²) in [7, 11) is 0. The molecule has 3 nitrogen and oxygen atoms in total. The van der Waals surface area contributed by atoms with Crippen LogP contribution in [0.2, 0.25) is 0 Å². The van der Waals surface area contributed by atoms with E-state index in [-0.39, 0.29) is 11.2 Å². The third-order valence-corrected chi connectivity index (χ3v) is 3.48. The van der Waals surface area contributed by atoms with E-state index in [0.717, 1.165) is 25.0 Å². The Morgan fingerprint density at radius 1 is 1.39 bits per heavy atom. The van der Waals surface area contributed by atoms with Gasteiger partial charge < -0.3 is 10.6 Å². The fourth-order valence-corrected chi connectivity index (χ4v) is 2.38. The molecule has 98 valence electrons. The Kier molecular flexibility index (Phi) is 3.00. The molecule has 0 unspecified atom stereocenters. The minimum Gasteiger partial charge on any atom is -0.396 e. The Labute approximate surface area is 105 Å². The second-order valence-electron chi connectivity index (χ2n) is 5.20. The highest BCUT2D eigenvalue weighted by Gasteiger charge is 2.37. The van der Waals surface area contributed by atoms with Crippen molar-refractivity contribution in [3.63, 3.8) is 0 Å². The van der Waals surface area contributed by atoms with E-state index >= 15 is 0 Å². The maximum absolute atomic E-state index is 13.8. The number of benzene rings is 1. The zero-order chi connectivity index (χ0) is 13.5. The molecule has 1 aromatic carbocycles. The summed E-state index contributed by atoms with van der Waals surface area (Å²) in [5.41, 5.74) is 4.24. The van der Waals surface area contributed by atoms with Gasteiger partial charge in [0.1, 0.15) is 11.4 Å². The first kappa shape index (κ1) is 12.8. The van der Waals surface area contributed by atoms with E-state index in [2.05, 4.69) is 0 Å². The minimum absolute atomic E-state index is 0.211. The van der Waals surface area contributed by atoms with Crippen LogP contribution >= 0.6 is 0 Å². The highest BCUT2D eigenvalue weighted by molar-refractivity contribution is 5.96. The van der Waals surface area contributed by atoms with E-state index in [0.29, 0.717) is 6.54 Å². The van der Waals surface area contributed by atoms with Crippen molar-refractivity contribution in [2.45, 2.75) is 32.2 Å². The van der Waals surface area contributed by atoms with E-state index in [1.165, 1.54) is 4.90 Å². The first-order valence-corrected chi connectivity index (χ1v) is 5.90. The van der Waals surface area contributed by atoms with Gasteiger partial charge in [-0.15, -0.1) is 0 Å². The third-order valence-electron chi connectivity index (χ3n) is 3.48. The molecule has 0 bridgehead atoms. The summed E-state index contributed by atoms with van der Waals surface area (Å²) in [6.45, 7) is 4.29. The van der Waals surface area contributed by atoms with Crippen LogP contribution in [-0.2, 0) is 0 Å². The van der Waals surface area contributed by atoms with Gasteiger partial charge in [0.15, 0.2) is 5.82 Å². The summed E-state index contributed by atoms with van der Waals surface area (Å²) in [4.78, 5) is 13.8. The first-order chi connectivity index (χ1) is 8.34. The molecular formula is C13H16F2N2O. The molecule has 0 aromatic heterocycles. The van der Waals surface area contributed by atoms with Gasteiger partial charge in [-0.05, 0) is 38.8 Å². The molecule has 1 aromatic rings. The lowest BCUT2D eigenvalue weighted by Gasteiger charge is -2.31. The quantitative estimate of drug-likeness (QED) is 0.783. The predicted octanol–water partition coefficient (Wildman–Crippen LogP) is 2.56. The Bertz CT molecular complexity index is 500. The van der Waals surface area contributed by atoms with E-state index in [9.17, 15) is 13.6 Å². The van der Waals surface area contributed by atoms with Crippen LogP contribution in [0.5, 0.6) is 0 Å². The number of likely N-dealkylation sites (tertiary alicyclic amines) is 1. The molecule has 18 heavy (non-hydrogen) atoms. The van der Waals surface area contributed by atoms with Gasteiger partial charge in [-0.2, -0.15) is 0 Å². The van der Waals surface area contributed by atoms with Gasteiger partial charge in [0.2, 0.25) is 0 Å². The van der Waals surface area contributed by atoms with E-state index in [1.807, 2.05) is 13.8 Å². The van der Waals surface area contributed by atoms with Crippen LogP contribution in [0.3, 0.4) is 0 Å². The van der Waals surface area contributed by atoms with Crippen molar-refractivity contribution >= 4 is 11.6 Å². The van der Waals surface area contributed by atoms with E-state index < -0.39 is 23.1 Å². The topological polar surface area (TPSA) is 46.3 Å². The van der Waals surface area contributed by atoms with Crippen LogP contribution < -0.4 is 5.73 Å². The zero-order valence-electron chi connectivity index (χ0n) is 10.5. The van der Waals surface area contributed by atoms with E-state index in [1.54, 1.807) is 0 Å². The largest absolute Gasteiger partial charge is 0.396 e. The number of amides is 1. The summed E-state index contributed by atoms with van der Waals surface area (Å²) in [6.07, 6.45) is 1.66. The third kappa shape index (κ3) is 1.94. The SMILES string of the molecule is CC1(C)CCCN1C(=O)c1c(F)ccc(N)c1F. The van der Waals surface area contributed by atoms with Crippen molar-refractivity contribution in [3.05, 3.63) is 29.3 Å². The molecule has 5 heteroatoms. The second-order valence-corrected chi connectivity index (χ2v) is 5.20. The fraction of sp³-hybridized carbons (Fsp3) is 0.462. The molecule has 1 aliphatic heterocycles. The van der Waals surface area contributed by atoms with Crippen LogP contribution in [-0.4, -0.2) is 22.9 Å². The summed E-state index contributed by atoms with van der Waals surface area (Å²) in [5, 5.41) is 0. The lowest BCUT2D eigenvalue weighted by Crippen LogP contribution is -2.43. The number of anilines is 1. The minimum atomic E-state index is -0.970. The number of carbonyl (C=O) groups is 1. The average molecular weight is 254 g/mol. The summed E-state index contributed by atoms with van der Waals surface area (Å²) in [6, 6.07) is 2.14. The highest BCUT2D eigenvalue weighted by atomic mass is 19.1. The molecule has 1 heterocycles. The number of nitrogens with zero attached hydrogens (tertiary/aromatic N) is 1. The van der Waals surface area contributed by atoms with Gasteiger partial charge >= 0.3 is 0 Å². The van der Waals surface area contributed by atoms with Gasteiger partial charge in [0.25, 0.3) is 5.91 Å². The lowest BCUT2D eigenvalue weighted by atomic mass is 10.0. The number of nitrogens with two attached hydrogens (primary N) is 1. The highest BCUT2D eigenvalue weighted by Crippen LogP contribution is 2.31. The van der Waals surface area contributed by atoms with Crippen molar-refractivity contribution in [2.75, 3.05) is 12.3 Å². The van der Waals surface area contributed by atoms with Gasteiger partial charge in [0, 0.05) is 12.1 Å². The van der Waals surface area contributed by atoms with Crippen molar-refractivity contribution in [2.24, 2.45) is 0 Å². The smallest absolute Gasteiger partial charge is 0.260 e. The van der Waals surface area contributed by atoms with Crippen LogP contribution in [0, 0.1) is 11.6 Å². The van der Waals surface area contributed by atoms with Crippen molar-refractivity contribution < 1.29 is 13.6 Å². The van der Waals surface area contributed by atoms with Crippen molar-refractivity contribution in [1.29, 1.82) is 0 Å². The molecule has 2 N–H and O–H groups in total. The number of nitrogen functional groups attached to an aromatic ring is 1. The maximum atomic E-state index is 13.8. The molecule has 1 aliphatic rings. The van der Waals surface area contributed by atoms with Gasteiger partial charge in [0.05, 0.1) is 5.69 Å². The molecule has 1 saturated heterocycles. The zero-order valence-corrected chi connectivity index (χ0v) is 10.5. The first-order valence-electron chi connectivity index (χ1n) is 5.90. The summed E-state index contributed by atoms with van der Waals surface area (Å²) in [5.74, 6) is -2.46. The Balaban J connectivity index is 2.44. The monoisotopic (exact) mass is 254 g/mol. The number of halogens is 2. The van der Waals surface area contributed by atoms with Crippen LogP contribution in [0.1, 0.15) is 37.0 Å². The Hall–Kier alpha value is -1.65. The molecular weight excluding hydrogens is 238 g/mol. The molecule has 0 atom stereocenters. The number of hydrogen-bond acceptors (Lipinski definition) is 2. The molecule has 0 saturated carbocycles. The standard InChI is InChI=1S/C13H16F2N2O/c1-13(2)6-3-7-17(13)12(18)10-8(14)4-5-9(16)11(10)15/h4-5H,3,6-7,16H2,1-2H3. The molecule has 0 spiro atoms. The normalized spacial score (nSPS) is 18.1. The van der Waals surface area contributed by atoms with Crippen molar-refractivity contribution in [3.8, 4) is 0 Å². The maximum Gasteiger partial charge on any atom is 0.260 e. The van der Waals surface area contributed by atoms with Gasteiger partial charge in [-0.25, -0.2) is 8.78 Å². The Morgan fingerprint density at radius 2 is 2.06 bits per heavy atom. The Morgan fingerprint density at radius 3 is 2.61 bits per heavy atom. The number of carbonyl (C=O) groups excluding carboxylic acids is 1. The molecule has 1 fully saturated rings. The molecule has 0 radical (unpaired) electrons. The lowest BCUT2D eigenvalue weighted by molar-refractivity contribution is 0.0642. The van der Waals surface area contributed by atoms with E-state index in [4.69, 9.17) is 5.73 Å². The molecule has 2 rings (SSSR count). The van der Waals surface area contributed by atoms with Crippen LogP contribution in [0.15, 0.2) is 12.1 Å². The second kappa shape index (κ2) is 4.23. The van der Waals surface area contributed by atoms with Gasteiger partial charge in [-0.1, -0.05) is 0 Å². The van der Waals surface area contributed by atoms with Crippen molar-refractivity contribution in [1.82, 2.24) is 4.90 Å². The summed E-state index contributed by atoms with van der Waals surface area (Å²) >= 11 is 0. The fourth-order valence-electron chi connectivity index (χ4n) is 2.38. The summed E-state index contributed by atoms with van der Waals surface area (Å²) < 4.78 is 27.4. The molecule has 0 aliphatic carbocycles. The van der Waals surface area contributed by atoms with Gasteiger partial charge in [-0.3, -0.25) is 4.79 Å². The number of rotatable bonds is 1. The molecule has 1 amide bonds. The predicted molar refractivity (Wildman–Crippen MR) is 65.1 cm³/mol. The number of hydrogen-bond donors (Lipinski definition) is 1. The average Bonchev–Trinajstić information content (AvgIpc) is 2.64. The van der Waals surface area contributed by atoms with Crippen LogP contribution in [0.25, 0.3) is 0 Å². The van der Waals surface area contributed by atoms with Crippen LogP contribution in [0.4, 0.5) is 14.5 Å².